The number of hydrogen-bond acceptors (Lipinski definition) is 2. The van der Waals surface area contributed by atoms with Crippen molar-refractivity contribution in [3.05, 3.63) is 59.7 Å². The summed E-state index contributed by atoms with van der Waals surface area (Å²) in [6.45, 7) is 2.63. The van der Waals surface area contributed by atoms with Gasteiger partial charge in [0.2, 0.25) is 0 Å². The molecule has 0 saturated carbocycles. The van der Waals surface area contributed by atoms with Gasteiger partial charge < -0.3 is 4.74 Å². The zero-order chi connectivity index (χ0) is 12.8. The molecule has 0 N–H and O–H groups in total. The second-order valence-corrected chi connectivity index (χ2v) is 4.28. The molecule has 0 amide bonds. The zero-order valence-electron chi connectivity index (χ0n) is 10.4. The molecule has 94 valence electrons. The molecule has 2 nitrogen and oxygen atoms in total. The van der Waals surface area contributed by atoms with Gasteiger partial charge in [-0.3, -0.25) is 4.98 Å². The van der Waals surface area contributed by atoms with Crippen LogP contribution in [0, 0.1) is 12.7 Å². The first-order valence-corrected chi connectivity index (χ1v) is 6.03. The number of hydrogen-bond donors (Lipinski definition) is 0. The lowest BCUT2D eigenvalue weighted by atomic mass is 10.1. The van der Waals surface area contributed by atoms with Crippen LogP contribution in [0.25, 0.3) is 0 Å². The van der Waals surface area contributed by atoms with Crippen LogP contribution in [-0.2, 0) is 6.42 Å². The monoisotopic (exact) mass is 245 g/mol. The van der Waals surface area contributed by atoms with E-state index in [4.69, 9.17) is 4.74 Å². The predicted molar refractivity (Wildman–Crippen MR) is 69.2 cm³/mol. The minimum Gasteiger partial charge on any atom is -0.492 e. The fourth-order valence-electron chi connectivity index (χ4n) is 1.72. The van der Waals surface area contributed by atoms with Crippen LogP contribution in [0.3, 0.4) is 0 Å². The summed E-state index contributed by atoms with van der Waals surface area (Å²) in [5.74, 6) is 0.606. The summed E-state index contributed by atoms with van der Waals surface area (Å²) < 4.78 is 18.3. The van der Waals surface area contributed by atoms with Crippen molar-refractivity contribution < 1.29 is 9.13 Å². The maximum atomic E-state index is 12.7. The Balaban J connectivity index is 1.74. The number of nitrogens with zero attached hydrogens (tertiary/aromatic N) is 1. The van der Waals surface area contributed by atoms with E-state index in [-0.39, 0.29) is 5.82 Å². The highest BCUT2D eigenvalue weighted by molar-refractivity contribution is 5.22. The van der Waals surface area contributed by atoms with Crippen LogP contribution in [0.2, 0.25) is 0 Å². The molecule has 1 heterocycles. The maximum absolute atomic E-state index is 12.7. The van der Waals surface area contributed by atoms with Crippen LogP contribution < -0.4 is 4.74 Å². The van der Waals surface area contributed by atoms with Gasteiger partial charge in [-0.25, -0.2) is 4.39 Å². The van der Waals surface area contributed by atoms with Gasteiger partial charge in [0, 0.05) is 6.20 Å². The van der Waals surface area contributed by atoms with E-state index in [1.807, 2.05) is 25.1 Å². The lowest BCUT2D eigenvalue weighted by Gasteiger charge is -2.06. The molecule has 0 aliphatic heterocycles. The van der Waals surface area contributed by atoms with Crippen LogP contribution in [0.15, 0.2) is 42.7 Å². The topological polar surface area (TPSA) is 22.1 Å². The Labute approximate surface area is 106 Å². The highest BCUT2D eigenvalue weighted by Gasteiger charge is 1.97. The van der Waals surface area contributed by atoms with Crippen molar-refractivity contribution in [1.82, 2.24) is 4.98 Å². The number of pyridine rings is 1. The Morgan fingerprint density at radius 1 is 1.17 bits per heavy atom. The van der Waals surface area contributed by atoms with Gasteiger partial charge in [-0.05, 0) is 49.1 Å². The average molecular weight is 245 g/mol. The van der Waals surface area contributed by atoms with Crippen molar-refractivity contribution in [3.63, 3.8) is 0 Å². The van der Waals surface area contributed by atoms with Gasteiger partial charge >= 0.3 is 0 Å². The second-order valence-electron chi connectivity index (χ2n) is 4.28. The van der Waals surface area contributed by atoms with Gasteiger partial charge in [-0.15, -0.1) is 0 Å². The summed E-state index contributed by atoms with van der Waals surface area (Å²) in [7, 11) is 0. The van der Waals surface area contributed by atoms with Gasteiger partial charge in [-0.2, -0.15) is 0 Å². The number of ether oxygens (including phenoxy) is 1. The van der Waals surface area contributed by atoms with Crippen LogP contribution in [-0.4, -0.2) is 11.6 Å². The minimum atomic E-state index is -0.194. The van der Waals surface area contributed by atoms with Crippen LogP contribution in [0.4, 0.5) is 4.39 Å². The molecule has 0 saturated heterocycles. The molecular weight excluding hydrogens is 229 g/mol. The van der Waals surface area contributed by atoms with Gasteiger partial charge in [0.15, 0.2) is 0 Å². The summed E-state index contributed by atoms with van der Waals surface area (Å²) in [5.41, 5.74) is 2.22. The Morgan fingerprint density at radius 2 is 1.94 bits per heavy atom. The fraction of sp³-hybridized carbons (Fsp3) is 0.267. The quantitative estimate of drug-likeness (QED) is 0.752. The molecule has 0 fully saturated rings. The highest BCUT2D eigenvalue weighted by atomic mass is 19.1. The molecule has 0 bridgehead atoms. The lowest BCUT2D eigenvalue weighted by molar-refractivity contribution is 0.309. The van der Waals surface area contributed by atoms with E-state index in [1.165, 1.54) is 12.1 Å². The van der Waals surface area contributed by atoms with Crippen molar-refractivity contribution in [1.29, 1.82) is 0 Å². The van der Waals surface area contributed by atoms with Crippen molar-refractivity contribution in [2.45, 2.75) is 19.8 Å². The third-order valence-corrected chi connectivity index (χ3v) is 2.64. The Hall–Kier alpha value is -1.90. The second kappa shape index (κ2) is 6.15. The molecule has 0 atom stereocenters. The molecule has 1 aromatic heterocycles. The summed E-state index contributed by atoms with van der Waals surface area (Å²) in [5, 5.41) is 0. The smallest absolute Gasteiger partial charge is 0.137 e. The average Bonchev–Trinajstić information content (AvgIpc) is 2.37. The van der Waals surface area contributed by atoms with E-state index >= 15 is 0 Å². The largest absolute Gasteiger partial charge is 0.492 e. The maximum Gasteiger partial charge on any atom is 0.137 e. The van der Waals surface area contributed by atoms with E-state index in [9.17, 15) is 4.39 Å². The third-order valence-electron chi connectivity index (χ3n) is 2.64. The van der Waals surface area contributed by atoms with E-state index in [0.29, 0.717) is 6.61 Å². The standard InChI is InChI=1S/C15H16FNO/c1-12-9-15(11-17-10-12)18-8-2-3-13-4-6-14(16)7-5-13/h4-7,9-11H,2-3,8H2,1H3. The van der Waals surface area contributed by atoms with Gasteiger partial charge in [0.05, 0.1) is 12.8 Å². The van der Waals surface area contributed by atoms with Crippen LogP contribution in [0.1, 0.15) is 17.5 Å². The number of aromatic nitrogens is 1. The first-order chi connectivity index (χ1) is 8.74. The number of aryl methyl sites for hydroxylation is 2. The summed E-state index contributed by atoms with van der Waals surface area (Å²) >= 11 is 0. The fourth-order valence-corrected chi connectivity index (χ4v) is 1.72. The molecule has 0 radical (unpaired) electrons. The summed E-state index contributed by atoms with van der Waals surface area (Å²) in [6, 6.07) is 8.55. The predicted octanol–water partition coefficient (Wildman–Crippen LogP) is 3.54. The molecule has 0 aliphatic rings. The third kappa shape index (κ3) is 3.84. The van der Waals surface area contributed by atoms with Gasteiger partial charge in [0.25, 0.3) is 0 Å². The molecule has 2 rings (SSSR count). The van der Waals surface area contributed by atoms with Crippen molar-refractivity contribution in [2.24, 2.45) is 0 Å². The van der Waals surface area contributed by atoms with Gasteiger partial charge in [0.1, 0.15) is 11.6 Å². The number of rotatable bonds is 5. The lowest BCUT2D eigenvalue weighted by Crippen LogP contribution is -2.00. The Morgan fingerprint density at radius 3 is 2.67 bits per heavy atom. The van der Waals surface area contributed by atoms with Gasteiger partial charge in [-0.1, -0.05) is 12.1 Å². The van der Waals surface area contributed by atoms with Crippen LogP contribution >= 0.6 is 0 Å². The van der Waals surface area contributed by atoms with E-state index < -0.39 is 0 Å². The van der Waals surface area contributed by atoms with E-state index in [2.05, 4.69) is 4.98 Å². The van der Waals surface area contributed by atoms with Crippen molar-refractivity contribution in [3.8, 4) is 5.75 Å². The van der Waals surface area contributed by atoms with Crippen LogP contribution in [0.5, 0.6) is 5.75 Å². The molecular formula is C15H16FNO. The molecule has 1 aromatic carbocycles. The van der Waals surface area contributed by atoms with Crippen molar-refractivity contribution >= 4 is 0 Å². The first kappa shape index (κ1) is 12.6. The Kier molecular flexibility index (Phi) is 4.29. The normalized spacial score (nSPS) is 10.3. The molecule has 0 unspecified atom stereocenters. The first-order valence-electron chi connectivity index (χ1n) is 6.03. The van der Waals surface area contributed by atoms with E-state index in [0.717, 1.165) is 29.7 Å². The molecule has 3 heteroatoms. The summed E-state index contributed by atoms with van der Waals surface area (Å²) in [4.78, 5) is 4.06. The summed E-state index contributed by atoms with van der Waals surface area (Å²) in [6.07, 6.45) is 5.30. The number of halogens is 1. The Bertz CT molecular complexity index is 496. The molecule has 0 spiro atoms. The molecule has 0 aliphatic carbocycles. The molecule has 18 heavy (non-hydrogen) atoms. The van der Waals surface area contributed by atoms with E-state index in [1.54, 1.807) is 12.4 Å². The SMILES string of the molecule is Cc1cncc(OCCCc2ccc(F)cc2)c1. The minimum absolute atomic E-state index is 0.194. The number of benzene rings is 1. The zero-order valence-corrected chi connectivity index (χ0v) is 10.4. The highest BCUT2D eigenvalue weighted by Crippen LogP contribution is 2.11. The molecule has 2 aromatic rings. The van der Waals surface area contributed by atoms with Crippen molar-refractivity contribution in [2.75, 3.05) is 6.61 Å².